The molecule has 0 amide bonds. The van der Waals surface area contributed by atoms with Crippen LogP contribution in [0.25, 0.3) is 22.4 Å². The van der Waals surface area contributed by atoms with Gasteiger partial charge in [-0.15, -0.1) is 10.2 Å². The quantitative estimate of drug-likeness (QED) is 0.614. The van der Waals surface area contributed by atoms with Gasteiger partial charge in [-0.3, -0.25) is 9.88 Å². The fourth-order valence-corrected chi connectivity index (χ4v) is 3.49. The Balaban J connectivity index is 1.38. The summed E-state index contributed by atoms with van der Waals surface area (Å²) in [5, 5.41) is 9.21. The van der Waals surface area contributed by atoms with E-state index in [1.807, 2.05) is 12.1 Å². The van der Waals surface area contributed by atoms with Crippen LogP contribution in [-0.2, 0) is 19.5 Å². The number of benzene rings is 1. The van der Waals surface area contributed by atoms with E-state index in [0.29, 0.717) is 18.3 Å². The van der Waals surface area contributed by atoms with Crippen LogP contribution in [0.5, 0.6) is 0 Å². The zero-order valence-corrected chi connectivity index (χ0v) is 13.9. The second-order valence-corrected chi connectivity index (χ2v) is 6.48. The molecule has 0 fully saturated rings. The smallest absolute Gasteiger partial charge is 0.249 e. The molecule has 0 saturated carbocycles. The minimum Gasteiger partial charge on any atom is -0.419 e. The van der Waals surface area contributed by atoms with Crippen molar-refractivity contribution in [3.8, 4) is 11.5 Å². The molecule has 7 heteroatoms. The molecule has 0 saturated heterocycles. The van der Waals surface area contributed by atoms with E-state index in [1.165, 1.54) is 11.8 Å². The van der Waals surface area contributed by atoms with E-state index in [2.05, 4.69) is 25.1 Å². The molecule has 0 aliphatic carbocycles. The average Bonchev–Trinajstić information content (AvgIpc) is 3.27. The van der Waals surface area contributed by atoms with E-state index in [0.717, 1.165) is 41.5 Å². The number of halogens is 1. The summed E-state index contributed by atoms with van der Waals surface area (Å²) in [7, 11) is 0. The van der Waals surface area contributed by atoms with E-state index < -0.39 is 0 Å². The second-order valence-electron chi connectivity index (χ2n) is 6.48. The molecule has 5 rings (SSSR count). The molecule has 130 valence electrons. The molecule has 26 heavy (non-hydrogen) atoms. The first-order valence-electron chi connectivity index (χ1n) is 8.50. The number of hydrogen-bond donors (Lipinski definition) is 1. The molecule has 0 radical (unpaired) electrons. The fourth-order valence-electron chi connectivity index (χ4n) is 3.49. The van der Waals surface area contributed by atoms with Gasteiger partial charge in [0.15, 0.2) is 0 Å². The fraction of sp³-hybridized carbons (Fsp3) is 0.211. The number of aromatic nitrogens is 4. The highest BCUT2D eigenvalue weighted by Crippen LogP contribution is 2.29. The maximum absolute atomic E-state index is 13.6. The van der Waals surface area contributed by atoms with Crippen molar-refractivity contribution < 1.29 is 8.81 Å². The third-order valence-electron chi connectivity index (χ3n) is 4.75. The van der Waals surface area contributed by atoms with Crippen molar-refractivity contribution in [2.75, 3.05) is 6.54 Å². The second kappa shape index (κ2) is 6.03. The van der Waals surface area contributed by atoms with Crippen molar-refractivity contribution in [1.29, 1.82) is 0 Å². The number of nitrogens with one attached hydrogen (secondary N) is 1. The number of aromatic amines is 1. The normalized spacial score (nSPS) is 14.7. The molecule has 1 aliphatic heterocycles. The first-order chi connectivity index (χ1) is 12.8. The third kappa shape index (κ3) is 2.66. The Kier molecular flexibility index (Phi) is 3.53. The predicted molar refractivity (Wildman–Crippen MR) is 93.6 cm³/mol. The van der Waals surface area contributed by atoms with Crippen molar-refractivity contribution in [3.63, 3.8) is 0 Å². The zero-order chi connectivity index (χ0) is 17.5. The Morgan fingerprint density at radius 3 is 3.08 bits per heavy atom. The van der Waals surface area contributed by atoms with Gasteiger partial charge in [0.25, 0.3) is 0 Å². The van der Waals surface area contributed by atoms with Crippen molar-refractivity contribution in [2.24, 2.45) is 0 Å². The van der Waals surface area contributed by atoms with E-state index in [9.17, 15) is 4.39 Å². The lowest BCUT2D eigenvalue weighted by Gasteiger charge is -2.25. The maximum atomic E-state index is 13.6. The lowest BCUT2D eigenvalue weighted by atomic mass is 10.0. The maximum Gasteiger partial charge on any atom is 0.249 e. The van der Waals surface area contributed by atoms with Crippen LogP contribution in [0.3, 0.4) is 0 Å². The van der Waals surface area contributed by atoms with E-state index >= 15 is 0 Å². The molecule has 0 spiro atoms. The van der Waals surface area contributed by atoms with Gasteiger partial charge < -0.3 is 9.40 Å². The van der Waals surface area contributed by atoms with Gasteiger partial charge in [-0.1, -0.05) is 0 Å². The van der Waals surface area contributed by atoms with Gasteiger partial charge in [0.1, 0.15) is 5.82 Å². The Labute approximate surface area is 148 Å². The van der Waals surface area contributed by atoms with Crippen molar-refractivity contribution in [3.05, 3.63) is 65.7 Å². The molecule has 0 bridgehead atoms. The van der Waals surface area contributed by atoms with Gasteiger partial charge >= 0.3 is 0 Å². The lowest BCUT2D eigenvalue weighted by Crippen LogP contribution is -2.29. The first-order valence-corrected chi connectivity index (χ1v) is 8.50. The molecule has 0 unspecified atom stereocenters. The van der Waals surface area contributed by atoms with Gasteiger partial charge in [-0.25, -0.2) is 4.39 Å². The van der Waals surface area contributed by atoms with Gasteiger partial charge in [0.05, 0.1) is 12.1 Å². The van der Waals surface area contributed by atoms with Crippen LogP contribution in [0.1, 0.15) is 17.1 Å². The van der Waals surface area contributed by atoms with Gasteiger partial charge in [0.2, 0.25) is 11.8 Å². The zero-order valence-electron chi connectivity index (χ0n) is 13.9. The number of H-pyrrole nitrogens is 1. The number of hydrogen-bond acceptors (Lipinski definition) is 5. The number of pyridine rings is 1. The summed E-state index contributed by atoms with van der Waals surface area (Å²) in [5.74, 6) is 0.827. The van der Waals surface area contributed by atoms with Crippen LogP contribution in [0.2, 0.25) is 0 Å². The third-order valence-corrected chi connectivity index (χ3v) is 4.75. The SMILES string of the molecule is Fc1ccc2[nH]c3c(c2c1)CN(Cc1nnc(-c2cccnc2)o1)CC3. The largest absolute Gasteiger partial charge is 0.419 e. The monoisotopic (exact) mass is 349 g/mol. The average molecular weight is 349 g/mol. The Morgan fingerprint density at radius 2 is 2.19 bits per heavy atom. The van der Waals surface area contributed by atoms with Crippen LogP contribution in [0, 0.1) is 5.82 Å². The summed E-state index contributed by atoms with van der Waals surface area (Å²) in [6.07, 6.45) is 4.29. The first kappa shape index (κ1) is 15.2. The van der Waals surface area contributed by atoms with Crippen molar-refractivity contribution in [1.82, 2.24) is 25.1 Å². The topological polar surface area (TPSA) is 70.8 Å². The Morgan fingerprint density at radius 1 is 1.23 bits per heavy atom. The van der Waals surface area contributed by atoms with E-state index in [1.54, 1.807) is 24.5 Å². The highest BCUT2D eigenvalue weighted by Gasteiger charge is 2.22. The van der Waals surface area contributed by atoms with Crippen LogP contribution in [0.4, 0.5) is 4.39 Å². The Bertz CT molecular complexity index is 1070. The molecule has 4 aromatic rings. The summed E-state index contributed by atoms with van der Waals surface area (Å²) in [6, 6.07) is 8.60. The van der Waals surface area contributed by atoms with Crippen LogP contribution in [-0.4, -0.2) is 31.6 Å². The summed E-state index contributed by atoms with van der Waals surface area (Å²) >= 11 is 0. The van der Waals surface area contributed by atoms with Gasteiger partial charge in [-0.2, -0.15) is 0 Å². The minimum absolute atomic E-state index is 0.213. The summed E-state index contributed by atoms with van der Waals surface area (Å²) in [6.45, 7) is 2.17. The molecular weight excluding hydrogens is 333 g/mol. The van der Waals surface area contributed by atoms with E-state index in [-0.39, 0.29) is 5.82 Å². The molecular formula is C19H16FN5O. The predicted octanol–water partition coefficient (Wildman–Crippen LogP) is 3.31. The molecule has 6 nitrogen and oxygen atoms in total. The standard InChI is InChI=1S/C19H16FN5O/c20-13-3-4-16-14(8-13)15-10-25(7-5-17(15)22-16)11-18-23-24-19(26-18)12-2-1-6-21-9-12/h1-4,6,8-9,22H,5,7,10-11H2. The molecule has 1 aromatic carbocycles. The highest BCUT2D eigenvalue weighted by molar-refractivity contribution is 5.84. The van der Waals surface area contributed by atoms with Gasteiger partial charge in [-0.05, 0) is 35.9 Å². The van der Waals surface area contributed by atoms with Crippen LogP contribution >= 0.6 is 0 Å². The number of nitrogens with zero attached hydrogens (tertiary/aromatic N) is 4. The number of rotatable bonds is 3. The summed E-state index contributed by atoms with van der Waals surface area (Å²) in [5.41, 5.74) is 4.12. The van der Waals surface area contributed by atoms with Crippen molar-refractivity contribution in [2.45, 2.75) is 19.5 Å². The van der Waals surface area contributed by atoms with Gasteiger partial charge in [0, 0.05) is 48.5 Å². The summed E-state index contributed by atoms with van der Waals surface area (Å²) < 4.78 is 19.4. The van der Waals surface area contributed by atoms with E-state index in [4.69, 9.17) is 4.42 Å². The summed E-state index contributed by atoms with van der Waals surface area (Å²) in [4.78, 5) is 9.71. The molecule has 4 heterocycles. The molecule has 0 atom stereocenters. The Hall–Kier alpha value is -3.06. The molecule has 1 N–H and O–H groups in total. The lowest BCUT2D eigenvalue weighted by molar-refractivity contribution is 0.222. The molecule has 3 aromatic heterocycles. The molecule has 1 aliphatic rings. The number of fused-ring (bicyclic) bond motifs is 3. The van der Waals surface area contributed by atoms with Crippen LogP contribution in [0.15, 0.2) is 47.1 Å². The van der Waals surface area contributed by atoms with Crippen molar-refractivity contribution >= 4 is 10.9 Å². The highest BCUT2D eigenvalue weighted by atomic mass is 19.1. The van der Waals surface area contributed by atoms with Crippen LogP contribution < -0.4 is 0 Å². The minimum atomic E-state index is -0.213.